The monoisotopic (exact) mass is 355 g/mol. The van der Waals surface area contributed by atoms with E-state index in [0.29, 0.717) is 4.47 Å². The number of rotatable bonds is 3. The molecule has 2 rings (SSSR count). The molecule has 104 valence electrons. The van der Waals surface area contributed by atoms with Gasteiger partial charge in [0.25, 0.3) is 10.0 Å². The predicted octanol–water partition coefficient (Wildman–Crippen LogP) is 1.44. The molecule has 0 amide bonds. The number of nitrogens with two attached hydrogens (primary N) is 1. The van der Waals surface area contributed by atoms with E-state index in [0.717, 1.165) is 0 Å². The van der Waals surface area contributed by atoms with E-state index >= 15 is 0 Å². The van der Waals surface area contributed by atoms with Gasteiger partial charge in [0.15, 0.2) is 10.8 Å². The van der Waals surface area contributed by atoms with E-state index < -0.39 is 10.0 Å². The number of anilines is 2. The summed E-state index contributed by atoms with van der Waals surface area (Å²) in [4.78, 5) is 3.73. The van der Waals surface area contributed by atoms with Gasteiger partial charge in [-0.05, 0) is 18.2 Å². The van der Waals surface area contributed by atoms with Gasteiger partial charge in [0.2, 0.25) is 0 Å². The van der Waals surface area contributed by atoms with Crippen molar-refractivity contribution in [2.45, 2.75) is 5.03 Å². The summed E-state index contributed by atoms with van der Waals surface area (Å²) in [5.74, 6) is -0.101. The van der Waals surface area contributed by atoms with E-state index in [1.807, 2.05) is 6.07 Å². The highest BCUT2D eigenvalue weighted by molar-refractivity contribution is 9.10. The third-order valence-electron chi connectivity index (χ3n) is 2.51. The Kier molecular flexibility index (Phi) is 3.69. The lowest BCUT2D eigenvalue weighted by Gasteiger charge is -2.10. The summed E-state index contributed by atoms with van der Waals surface area (Å²) in [7, 11) is -2.40. The third-order valence-corrected chi connectivity index (χ3v) is 4.50. The van der Waals surface area contributed by atoms with E-state index in [-0.39, 0.29) is 22.1 Å². The minimum absolute atomic E-state index is 0.101. The third kappa shape index (κ3) is 2.61. The molecule has 20 heavy (non-hydrogen) atoms. The van der Waals surface area contributed by atoms with E-state index in [1.54, 1.807) is 6.07 Å². The Morgan fingerprint density at radius 1 is 1.50 bits per heavy atom. The van der Waals surface area contributed by atoms with E-state index in [1.165, 1.54) is 30.1 Å². The van der Waals surface area contributed by atoms with Crippen LogP contribution in [0.5, 0.6) is 0 Å². The van der Waals surface area contributed by atoms with Crippen LogP contribution < -0.4 is 10.5 Å². The number of sulfonamides is 1. The van der Waals surface area contributed by atoms with E-state index in [9.17, 15) is 8.42 Å². The number of imidazole rings is 1. The Morgan fingerprint density at radius 2 is 2.20 bits per heavy atom. The molecule has 0 fully saturated rings. The first kappa shape index (κ1) is 14.4. The molecule has 0 spiro atoms. The minimum Gasteiger partial charge on any atom is -0.381 e. The molecule has 1 aromatic heterocycles. The second kappa shape index (κ2) is 5.15. The molecule has 3 N–H and O–H groups in total. The number of aromatic nitrogens is 2. The number of nitriles is 1. The fourth-order valence-corrected chi connectivity index (χ4v) is 3.34. The first-order valence-electron chi connectivity index (χ1n) is 5.34. The zero-order valence-corrected chi connectivity index (χ0v) is 12.7. The second-order valence-electron chi connectivity index (χ2n) is 3.95. The van der Waals surface area contributed by atoms with Crippen molar-refractivity contribution in [3.8, 4) is 6.07 Å². The van der Waals surface area contributed by atoms with Crippen molar-refractivity contribution in [2.24, 2.45) is 7.05 Å². The van der Waals surface area contributed by atoms with Gasteiger partial charge in [-0.2, -0.15) is 13.7 Å². The molecular weight excluding hydrogens is 346 g/mol. The first-order chi connectivity index (χ1) is 9.35. The lowest BCUT2D eigenvalue weighted by Crippen LogP contribution is -2.18. The highest BCUT2D eigenvalue weighted by Gasteiger charge is 2.23. The van der Waals surface area contributed by atoms with Crippen LogP contribution in [0.4, 0.5) is 11.5 Å². The highest BCUT2D eigenvalue weighted by atomic mass is 79.9. The van der Waals surface area contributed by atoms with Crippen LogP contribution in [0.3, 0.4) is 0 Å². The summed E-state index contributed by atoms with van der Waals surface area (Å²) in [6.07, 6.45) is 1.30. The van der Waals surface area contributed by atoms with Gasteiger partial charge in [0, 0.05) is 11.5 Å². The Hall–Kier alpha value is -2.05. The van der Waals surface area contributed by atoms with E-state index in [4.69, 9.17) is 11.0 Å². The summed E-state index contributed by atoms with van der Waals surface area (Å²) in [5, 5.41) is 8.88. The fraction of sp³-hybridized carbons (Fsp3) is 0.0909. The topological polar surface area (TPSA) is 114 Å². The molecule has 1 aromatic carbocycles. The van der Waals surface area contributed by atoms with Crippen LogP contribution in [0.2, 0.25) is 0 Å². The zero-order valence-electron chi connectivity index (χ0n) is 10.3. The molecule has 0 saturated carbocycles. The zero-order chi connectivity index (χ0) is 14.9. The number of nitrogens with zero attached hydrogens (tertiary/aromatic N) is 3. The molecule has 0 bridgehead atoms. The van der Waals surface area contributed by atoms with Crippen LogP contribution in [0.25, 0.3) is 0 Å². The van der Waals surface area contributed by atoms with Crippen molar-refractivity contribution in [1.82, 2.24) is 9.55 Å². The highest BCUT2D eigenvalue weighted by Crippen LogP contribution is 2.24. The van der Waals surface area contributed by atoms with Crippen molar-refractivity contribution in [3.63, 3.8) is 0 Å². The number of benzene rings is 1. The summed E-state index contributed by atoms with van der Waals surface area (Å²) < 4.78 is 28.9. The van der Waals surface area contributed by atoms with Crippen LogP contribution in [0.15, 0.2) is 34.0 Å². The van der Waals surface area contributed by atoms with Gasteiger partial charge in [-0.15, -0.1) is 0 Å². The van der Waals surface area contributed by atoms with Crippen LogP contribution >= 0.6 is 15.9 Å². The predicted molar refractivity (Wildman–Crippen MR) is 77.3 cm³/mol. The SMILES string of the molecule is Cn1cnc(N)c1S(=O)(=O)Nc1ccc(Br)cc1C#N. The molecular formula is C11H10BrN5O2S. The lowest BCUT2D eigenvalue weighted by atomic mass is 10.2. The maximum absolute atomic E-state index is 12.3. The molecule has 1 heterocycles. The largest absolute Gasteiger partial charge is 0.381 e. The normalized spacial score (nSPS) is 11.1. The molecule has 0 radical (unpaired) electrons. The van der Waals surface area contributed by atoms with Crippen LogP contribution in [0, 0.1) is 11.3 Å². The number of aryl methyl sites for hydroxylation is 1. The van der Waals surface area contributed by atoms with Crippen molar-refractivity contribution in [2.75, 3.05) is 10.5 Å². The van der Waals surface area contributed by atoms with Gasteiger partial charge < -0.3 is 10.3 Å². The maximum atomic E-state index is 12.3. The lowest BCUT2D eigenvalue weighted by molar-refractivity contribution is 0.592. The maximum Gasteiger partial charge on any atom is 0.281 e. The molecule has 0 aliphatic heterocycles. The number of nitrogen functional groups attached to an aromatic ring is 1. The van der Waals surface area contributed by atoms with Crippen molar-refractivity contribution < 1.29 is 8.42 Å². The van der Waals surface area contributed by atoms with Gasteiger partial charge in [0.05, 0.1) is 17.6 Å². The molecule has 2 aromatic rings. The van der Waals surface area contributed by atoms with Crippen molar-refractivity contribution in [1.29, 1.82) is 5.26 Å². The first-order valence-corrected chi connectivity index (χ1v) is 7.62. The summed E-state index contributed by atoms with van der Waals surface area (Å²) >= 11 is 3.22. The van der Waals surface area contributed by atoms with Crippen LogP contribution in [0.1, 0.15) is 5.56 Å². The van der Waals surface area contributed by atoms with Crippen LogP contribution in [-0.4, -0.2) is 18.0 Å². The number of hydrogen-bond acceptors (Lipinski definition) is 5. The van der Waals surface area contributed by atoms with Gasteiger partial charge in [-0.3, -0.25) is 4.72 Å². The quantitative estimate of drug-likeness (QED) is 0.864. The fourth-order valence-electron chi connectivity index (χ4n) is 1.66. The molecule has 0 unspecified atom stereocenters. The Balaban J connectivity index is 2.47. The molecule has 9 heteroatoms. The molecule has 0 aliphatic carbocycles. The van der Waals surface area contributed by atoms with Gasteiger partial charge in [-0.1, -0.05) is 15.9 Å². The van der Waals surface area contributed by atoms with E-state index in [2.05, 4.69) is 25.6 Å². The number of halogens is 1. The summed E-state index contributed by atoms with van der Waals surface area (Å²) in [5.41, 5.74) is 5.93. The standard InChI is InChI=1S/C11H10BrN5O2S/c1-17-6-15-10(14)11(17)20(18,19)16-9-3-2-8(12)4-7(9)5-13/h2-4,6,16H,14H2,1H3. The smallest absolute Gasteiger partial charge is 0.281 e. The number of nitrogens with one attached hydrogen (secondary N) is 1. The summed E-state index contributed by atoms with van der Waals surface area (Å²) in [6, 6.07) is 6.56. The minimum atomic E-state index is -3.92. The second-order valence-corrected chi connectivity index (χ2v) is 6.47. The average molecular weight is 356 g/mol. The Morgan fingerprint density at radius 3 is 2.75 bits per heavy atom. The molecule has 0 saturated heterocycles. The Bertz CT molecular complexity index is 787. The molecule has 7 nitrogen and oxygen atoms in total. The Labute approximate surface area is 124 Å². The van der Waals surface area contributed by atoms with Crippen molar-refractivity contribution >= 4 is 37.5 Å². The number of hydrogen-bond donors (Lipinski definition) is 2. The van der Waals surface area contributed by atoms with Crippen LogP contribution in [-0.2, 0) is 17.1 Å². The van der Waals surface area contributed by atoms with Gasteiger partial charge in [-0.25, -0.2) is 4.98 Å². The average Bonchev–Trinajstić information content (AvgIpc) is 2.71. The summed E-state index contributed by atoms with van der Waals surface area (Å²) in [6.45, 7) is 0. The van der Waals surface area contributed by atoms with Gasteiger partial charge >= 0.3 is 0 Å². The molecule has 0 atom stereocenters. The van der Waals surface area contributed by atoms with Gasteiger partial charge in [0.1, 0.15) is 6.07 Å². The molecule has 0 aliphatic rings. The van der Waals surface area contributed by atoms with Crippen molar-refractivity contribution in [3.05, 3.63) is 34.6 Å².